The molecule has 0 unspecified atom stereocenters. The number of aryl methyl sites for hydroxylation is 1. The summed E-state index contributed by atoms with van der Waals surface area (Å²) < 4.78 is 37.2. The van der Waals surface area contributed by atoms with Gasteiger partial charge in [0.15, 0.2) is 0 Å². The lowest BCUT2D eigenvalue weighted by Crippen LogP contribution is -2.35. The van der Waals surface area contributed by atoms with Crippen molar-refractivity contribution in [1.29, 1.82) is 0 Å². The van der Waals surface area contributed by atoms with E-state index >= 15 is 8.78 Å². The van der Waals surface area contributed by atoms with Gasteiger partial charge in [0.1, 0.15) is 17.3 Å². The number of imidazole rings is 1. The van der Waals surface area contributed by atoms with Gasteiger partial charge in [0.05, 0.1) is 24.1 Å². The summed E-state index contributed by atoms with van der Waals surface area (Å²) in [5.74, 6) is -2.21. The minimum absolute atomic E-state index is 0.0674. The smallest absolute Gasteiger partial charge is 0.409 e. The maximum Gasteiger partial charge on any atom is 0.409 e. The van der Waals surface area contributed by atoms with Gasteiger partial charge in [-0.2, -0.15) is 0 Å². The lowest BCUT2D eigenvalue weighted by Gasteiger charge is -2.23. The lowest BCUT2D eigenvalue weighted by atomic mass is 9.95. The number of halogens is 2. The Kier molecular flexibility index (Phi) is 6.81. The Hall–Kier alpha value is -3.49. The van der Waals surface area contributed by atoms with Crippen LogP contribution in [0.4, 0.5) is 13.6 Å². The van der Waals surface area contributed by atoms with E-state index < -0.39 is 17.5 Å². The molecule has 34 heavy (non-hydrogen) atoms. The van der Waals surface area contributed by atoms with E-state index in [4.69, 9.17) is 4.74 Å². The van der Waals surface area contributed by atoms with Crippen molar-refractivity contribution in [3.8, 4) is 11.3 Å². The summed E-state index contributed by atoms with van der Waals surface area (Å²) in [5, 5.41) is 2.38. The van der Waals surface area contributed by atoms with Gasteiger partial charge in [-0.1, -0.05) is 6.42 Å². The van der Waals surface area contributed by atoms with Gasteiger partial charge >= 0.3 is 6.09 Å². The van der Waals surface area contributed by atoms with Gasteiger partial charge in [0.2, 0.25) is 0 Å². The van der Waals surface area contributed by atoms with Gasteiger partial charge < -0.3 is 19.4 Å². The van der Waals surface area contributed by atoms with Crippen molar-refractivity contribution in [2.24, 2.45) is 5.92 Å². The number of nitrogens with one attached hydrogen (secondary N) is 1. The first kappa shape index (κ1) is 23.7. The molecular weight excluding hydrogens is 442 g/mol. The molecule has 7 nitrogen and oxygen atoms in total. The number of hydrogen-bond donors (Lipinski definition) is 1. The molecule has 3 heterocycles. The van der Waals surface area contributed by atoms with Gasteiger partial charge in [-0.15, -0.1) is 0 Å². The summed E-state index contributed by atoms with van der Waals surface area (Å²) >= 11 is 0. The molecule has 1 atom stereocenters. The van der Waals surface area contributed by atoms with Crippen molar-refractivity contribution in [2.45, 2.75) is 32.6 Å². The van der Waals surface area contributed by atoms with Crippen molar-refractivity contribution in [2.75, 3.05) is 27.2 Å². The third kappa shape index (κ3) is 4.60. The van der Waals surface area contributed by atoms with Crippen LogP contribution in [0.1, 0.15) is 40.9 Å². The minimum Gasteiger partial charge on any atom is -0.453 e. The van der Waals surface area contributed by atoms with Crippen molar-refractivity contribution in [3.63, 3.8) is 0 Å². The average molecular weight is 471 g/mol. The Labute approximate surface area is 196 Å². The first-order valence-electron chi connectivity index (χ1n) is 11.3. The van der Waals surface area contributed by atoms with Crippen LogP contribution in [0, 0.1) is 24.5 Å². The molecule has 1 saturated heterocycles. The molecule has 2 amide bonds. The fraction of sp³-hybridized carbons (Fsp3) is 0.400. The number of rotatable bonds is 4. The van der Waals surface area contributed by atoms with E-state index in [9.17, 15) is 9.59 Å². The number of hydrogen-bond acceptors (Lipinski definition) is 4. The van der Waals surface area contributed by atoms with Crippen LogP contribution in [-0.2, 0) is 11.2 Å². The molecule has 1 aliphatic heterocycles. The number of amides is 2. The van der Waals surface area contributed by atoms with E-state index in [1.54, 1.807) is 4.90 Å². The van der Waals surface area contributed by atoms with Crippen LogP contribution in [0.15, 0.2) is 30.5 Å². The molecule has 4 rings (SSSR count). The SMILES string of the molecule is CNC(=O)c1cc(F)c(-c2nc3cc(C)ccn3c2C[C@@H]2CCCCN(C(=O)OC)C2)c(F)c1. The van der Waals surface area contributed by atoms with Crippen LogP contribution in [0.25, 0.3) is 16.9 Å². The number of ether oxygens (including phenoxy) is 1. The lowest BCUT2D eigenvalue weighted by molar-refractivity contribution is 0.0962. The largest absolute Gasteiger partial charge is 0.453 e. The second kappa shape index (κ2) is 9.79. The maximum atomic E-state index is 15.2. The molecule has 3 aromatic rings. The Morgan fingerprint density at radius 3 is 2.62 bits per heavy atom. The molecule has 1 aliphatic rings. The Bertz CT molecular complexity index is 1220. The Balaban J connectivity index is 1.80. The van der Waals surface area contributed by atoms with Crippen LogP contribution in [-0.4, -0.2) is 53.5 Å². The van der Waals surface area contributed by atoms with Gasteiger partial charge in [-0.05, 0) is 61.9 Å². The molecule has 0 radical (unpaired) electrons. The standard InChI is InChI=1S/C25H28F2N4O3/c1-15-7-9-31-20(11-16-6-4-5-8-30(14-16)25(33)34-3)23(29-21(31)10-15)22-18(26)12-17(13-19(22)27)24(32)28-2/h7,9-10,12-13,16H,4-6,8,11,14H2,1-3H3,(H,28,32)/t16-/m0/s1. The number of pyridine rings is 1. The second-order valence-corrected chi connectivity index (χ2v) is 8.72. The van der Waals surface area contributed by atoms with Crippen molar-refractivity contribution >= 4 is 17.6 Å². The highest BCUT2D eigenvalue weighted by atomic mass is 19.1. The molecular formula is C25H28F2N4O3. The monoisotopic (exact) mass is 470 g/mol. The summed E-state index contributed by atoms with van der Waals surface area (Å²) in [5.41, 5.74) is 2.06. The van der Waals surface area contributed by atoms with E-state index in [2.05, 4.69) is 10.3 Å². The Morgan fingerprint density at radius 1 is 1.21 bits per heavy atom. The molecule has 9 heteroatoms. The third-order valence-electron chi connectivity index (χ3n) is 6.33. The predicted molar refractivity (Wildman–Crippen MR) is 124 cm³/mol. The van der Waals surface area contributed by atoms with Crippen molar-refractivity contribution in [3.05, 3.63) is 58.9 Å². The van der Waals surface area contributed by atoms with E-state index in [0.29, 0.717) is 30.9 Å². The van der Waals surface area contributed by atoms with Crippen molar-refractivity contribution < 1.29 is 23.1 Å². The zero-order chi connectivity index (χ0) is 24.4. The zero-order valence-electron chi connectivity index (χ0n) is 19.5. The average Bonchev–Trinajstić information content (AvgIpc) is 2.98. The highest BCUT2D eigenvalue weighted by Crippen LogP contribution is 2.33. The molecule has 1 aromatic carbocycles. The van der Waals surface area contributed by atoms with Gasteiger partial charge in [0.25, 0.3) is 5.91 Å². The highest BCUT2D eigenvalue weighted by Gasteiger charge is 2.28. The summed E-state index contributed by atoms with van der Waals surface area (Å²) in [4.78, 5) is 30.4. The van der Waals surface area contributed by atoms with Crippen LogP contribution in [0.3, 0.4) is 0 Å². The topological polar surface area (TPSA) is 75.9 Å². The van der Waals surface area contributed by atoms with E-state index in [1.807, 2.05) is 29.7 Å². The van der Waals surface area contributed by atoms with Crippen LogP contribution < -0.4 is 5.32 Å². The quantitative estimate of drug-likeness (QED) is 0.615. The molecule has 0 spiro atoms. The number of carbonyl (C=O) groups excluding carboxylic acids is 2. The number of likely N-dealkylation sites (tertiary alicyclic amines) is 1. The minimum atomic E-state index is -0.850. The fourth-order valence-corrected chi connectivity index (χ4v) is 4.63. The molecule has 0 bridgehead atoms. The summed E-state index contributed by atoms with van der Waals surface area (Å²) in [6.45, 7) is 3.03. The number of nitrogens with zero attached hydrogens (tertiary/aromatic N) is 3. The molecule has 0 saturated carbocycles. The van der Waals surface area contributed by atoms with Crippen LogP contribution in [0.2, 0.25) is 0 Å². The number of benzene rings is 1. The summed E-state index contributed by atoms with van der Waals surface area (Å²) in [7, 11) is 2.76. The first-order valence-corrected chi connectivity index (χ1v) is 11.3. The van der Waals surface area contributed by atoms with Crippen molar-refractivity contribution in [1.82, 2.24) is 19.6 Å². The fourth-order valence-electron chi connectivity index (χ4n) is 4.63. The first-order chi connectivity index (χ1) is 16.3. The molecule has 0 aliphatic carbocycles. The molecule has 1 N–H and O–H groups in total. The van der Waals surface area contributed by atoms with E-state index in [-0.39, 0.29) is 28.8 Å². The Morgan fingerprint density at radius 2 is 1.94 bits per heavy atom. The summed E-state index contributed by atoms with van der Waals surface area (Å²) in [6.07, 6.45) is 4.63. The van der Waals surface area contributed by atoms with Crippen LogP contribution in [0.5, 0.6) is 0 Å². The number of fused-ring (bicyclic) bond motifs is 1. The maximum absolute atomic E-state index is 15.2. The zero-order valence-corrected chi connectivity index (χ0v) is 19.5. The third-order valence-corrected chi connectivity index (χ3v) is 6.33. The number of aromatic nitrogens is 2. The second-order valence-electron chi connectivity index (χ2n) is 8.72. The normalized spacial score (nSPS) is 16.4. The van der Waals surface area contributed by atoms with E-state index in [0.717, 1.165) is 37.0 Å². The molecule has 1 fully saturated rings. The van der Waals surface area contributed by atoms with Gasteiger partial charge in [-0.25, -0.2) is 18.6 Å². The highest BCUT2D eigenvalue weighted by molar-refractivity contribution is 5.94. The number of methoxy groups -OCH3 is 1. The van der Waals surface area contributed by atoms with Gasteiger partial charge in [0, 0.05) is 31.9 Å². The van der Waals surface area contributed by atoms with Crippen LogP contribution >= 0.6 is 0 Å². The molecule has 2 aromatic heterocycles. The molecule has 180 valence electrons. The summed E-state index contributed by atoms with van der Waals surface area (Å²) in [6, 6.07) is 5.83. The van der Waals surface area contributed by atoms with Gasteiger partial charge in [-0.3, -0.25) is 4.79 Å². The predicted octanol–water partition coefficient (Wildman–Crippen LogP) is 4.36. The number of carbonyl (C=O) groups is 2. The van der Waals surface area contributed by atoms with E-state index in [1.165, 1.54) is 14.2 Å².